The van der Waals surface area contributed by atoms with Crippen molar-refractivity contribution in [3.63, 3.8) is 0 Å². The highest BCUT2D eigenvalue weighted by atomic mass is 15.1. The lowest BCUT2D eigenvalue weighted by atomic mass is 10.2. The summed E-state index contributed by atoms with van der Waals surface area (Å²) < 4.78 is 0. The zero-order valence-corrected chi connectivity index (χ0v) is 9.59. The Morgan fingerprint density at radius 3 is 2.06 bits per heavy atom. The maximum Gasteiger partial charge on any atom is 0.0861 e. The Hall–Kier alpha value is -2.36. The summed E-state index contributed by atoms with van der Waals surface area (Å²) in [5.74, 6) is 0. The molecule has 0 saturated heterocycles. The molecule has 0 heterocycles. The fourth-order valence-corrected chi connectivity index (χ4v) is 1.38. The van der Waals surface area contributed by atoms with Gasteiger partial charge < -0.3 is 11.5 Å². The Labute approximate surface area is 100.0 Å². The van der Waals surface area contributed by atoms with Crippen LogP contribution in [0.3, 0.4) is 0 Å². The molecule has 0 aliphatic rings. The summed E-state index contributed by atoms with van der Waals surface area (Å²) in [6.45, 7) is 1.94. The van der Waals surface area contributed by atoms with E-state index in [1.54, 1.807) is 12.1 Å². The molecule has 0 atom stereocenters. The Morgan fingerprint density at radius 2 is 1.41 bits per heavy atom. The summed E-state index contributed by atoms with van der Waals surface area (Å²) >= 11 is 0. The summed E-state index contributed by atoms with van der Waals surface area (Å²) in [6, 6.07) is 12.8. The van der Waals surface area contributed by atoms with Gasteiger partial charge in [0.15, 0.2) is 0 Å². The van der Waals surface area contributed by atoms with Gasteiger partial charge in [-0.05, 0) is 55.0 Å². The third-order valence-electron chi connectivity index (χ3n) is 2.43. The lowest BCUT2D eigenvalue weighted by Crippen LogP contribution is -1.87. The monoisotopic (exact) mass is 226 g/mol. The molecule has 86 valence electrons. The van der Waals surface area contributed by atoms with Crippen LogP contribution in [0.4, 0.5) is 22.7 Å². The van der Waals surface area contributed by atoms with Crippen LogP contribution in [0.5, 0.6) is 0 Å². The third kappa shape index (κ3) is 2.81. The van der Waals surface area contributed by atoms with Crippen molar-refractivity contribution in [1.29, 1.82) is 0 Å². The second kappa shape index (κ2) is 4.65. The highest BCUT2D eigenvalue weighted by molar-refractivity contribution is 5.54. The smallest absolute Gasteiger partial charge is 0.0861 e. The largest absolute Gasteiger partial charge is 0.399 e. The number of nitrogens with zero attached hydrogens (tertiary/aromatic N) is 2. The van der Waals surface area contributed by atoms with E-state index in [0.717, 1.165) is 22.6 Å². The van der Waals surface area contributed by atoms with E-state index in [4.69, 9.17) is 11.5 Å². The van der Waals surface area contributed by atoms with Crippen LogP contribution < -0.4 is 11.5 Å². The van der Waals surface area contributed by atoms with Crippen molar-refractivity contribution in [2.75, 3.05) is 11.5 Å². The van der Waals surface area contributed by atoms with Crippen molar-refractivity contribution in [3.05, 3.63) is 48.0 Å². The van der Waals surface area contributed by atoms with Gasteiger partial charge in [-0.25, -0.2) is 0 Å². The molecule has 0 unspecified atom stereocenters. The zero-order valence-electron chi connectivity index (χ0n) is 9.59. The summed E-state index contributed by atoms with van der Waals surface area (Å²) in [4.78, 5) is 0. The van der Waals surface area contributed by atoms with Crippen molar-refractivity contribution in [2.45, 2.75) is 6.92 Å². The minimum absolute atomic E-state index is 0.715. The van der Waals surface area contributed by atoms with Crippen LogP contribution in [0.1, 0.15) is 5.56 Å². The lowest BCUT2D eigenvalue weighted by Gasteiger charge is -1.99. The van der Waals surface area contributed by atoms with Gasteiger partial charge in [0.2, 0.25) is 0 Å². The Morgan fingerprint density at radius 1 is 0.824 bits per heavy atom. The quantitative estimate of drug-likeness (QED) is 0.606. The van der Waals surface area contributed by atoms with Crippen molar-refractivity contribution in [2.24, 2.45) is 10.2 Å². The number of benzene rings is 2. The Kier molecular flexibility index (Phi) is 3.05. The van der Waals surface area contributed by atoms with Gasteiger partial charge in [-0.2, -0.15) is 10.2 Å². The van der Waals surface area contributed by atoms with Gasteiger partial charge in [0.25, 0.3) is 0 Å². The van der Waals surface area contributed by atoms with Crippen molar-refractivity contribution < 1.29 is 0 Å². The maximum atomic E-state index is 5.73. The number of hydrogen-bond donors (Lipinski definition) is 2. The van der Waals surface area contributed by atoms with E-state index in [2.05, 4.69) is 10.2 Å². The molecule has 0 aromatic heterocycles. The minimum atomic E-state index is 0.715. The van der Waals surface area contributed by atoms with Crippen molar-refractivity contribution in [3.8, 4) is 0 Å². The van der Waals surface area contributed by atoms with Gasteiger partial charge in [-0.3, -0.25) is 0 Å². The van der Waals surface area contributed by atoms with Gasteiger partial charge in [0.05, 0.1) is 11.4 Å². The van der Waals surface area contributed by atoms with Crippen LogP contribution in [0.2, 0.25) is 0 Å². The first kappa shape index (κ1) is 11.1. The molecule has 2 rings (SSSR count). The molecular formula is C13H14N4. The number of aryl methyl sites for hydroxylation is 1. The second-order valence-corrected chi connectivity index (χ2v) is 3.83. The molecule has 0 saturated carbocycles. The fourth-order valence-electron chi connectivity index (χ4n) is 1.38. The van der Waals surface area contributed by atoms with Gasteiger partial charge >= 0.3 is 0 Å². The highest BCUT2D eigenvalue weighted by Crippen LogP contribution is 2.22. The number of nitrogens with two attached hydrogens (primary N) is 2. The summed E-state index contributed by atoms with van der Waals surface area (Å²) in [5, 5.41) is 8.25. The van der Waals surface area contributed by atoms with Gasteiger partial charge in [-0.15, -0.1) is 0 Å². The predicted molar refractivity (Wildman–Crippen MR) is 70.6 cm³/mol. The predicted octanol–water partition coefficient (Wildman–Crippen LogP) is 3.57. The first-order valence-electron chi connectivity index (χ1n) is 5.28. The summed E-state index contributed by atoms with van der Waals surface area (Å²) in [5.41, 5.74) is 15.3. The SMILES string of the molecule is Cc1cc(N=Nc2ccc(N)cc2)ccc1N. The molecule has 0 bridgehead atoms. The van der Waals surface area contributed by atoms with E-state index >= 15 is 0 Å². The van der Waals surface area contributed by atoms with Crippen LogP contribution in [-0.4, -0.2) is 0 Å². The second-order valence-electron chi connectivity index (χ2n) is 3.83. The van der Waals surface area contributed by atoms with E-state index < -0.39 is 0 Å². The molecular weight excluding hydrogens is 212 g/mol. The molecule has 0 spiro atoms. The van der Waals surface area contributed by atoms with E-state index in [0.29, 0.717) is 5.69 Å². The Bertz CT molecular complexity index is 544. The topological polar surface area (TPSA) is 76.8 Å². The average molecular weight is 226 g/mol. The number of hydrogen-bond acceptors (Lipinski definition) is 4. The average Bonchev–Trinajstić information content (AvgIpc) is 2.33. The van der Waals surface area contributed by atoms with E-state index in [1.807, 2.05) is 37.3 Å². The van der Waals surface area contributed by atoms with E-state index in [1.165, 1.54) is 0 Å². The van der Waals surface area contributed by atoms with Crippen LogP contribution in [0.15, 0.2) is 52.7 Å². The molecule has 0 aliphatic heterocycles. The van der Waals surface area contributed by atoms with E-state index in [9.17, 15) is 0 Å². The van der Waals surface area contributed by atoms with Crippen LogP contribution in [0.25, 0.3) is 0 Å². The number of anilines is 2. The lowest BCUT2D eigenvalue weighted by molar-refractivity contribution is 1.23. The van der Waals surface area contributed by atoms with Gasteiger partial charge in [0, 0.05) is 11.4 Å². The van der Waals surface area contributed by atoms with Crippen molar-refractivity contribution in [1.82, 2.24) is 0 Å². The molecule has 4 N–H and O–H groups in total. The number of azo groups is 1. The maximum absolute atomic E-state index is 5.73. The fraction of sp³-hybridized carbons (Fsp3) is 0.0769. The Balaban J connectivity index is 2.20. The van der Waals surface area contributed by atoms with Crippen LogP contribution >= 0.6 is 0 Å². The van der Waals surface area contributed by atoms with Crippen molar-refractivity contribution >= 4 is 22.7 Å². The number of nitrogen functional groups attached to an aromatic ring is 2. The van der Waals surface area contributed by atoms with Gasteiger partial charge in [-0.1, -0.05) is 0 Å². The highest BCUT2D eigenvalue weighted by Gasteiger charge is 1.95. The molecule has 4 heteroatoms. The molecule has 0 fully saturated rings. The molecule has 0 amide bonds. The van der Waals surface area contributed by atoms with Crippen LogP contribution in [-0.2, 0) is 0 Å². The number of rotatable bonds is 2. The normalized spacial score (nSPS) is 10.9. The minimum Gasteiger partial charge on any atom is -0.399 e. The summed E-state index contributed by atoms with van der Waals surface area (Å²) in [7, 11) is 0. The first-order chi connectivity index (χ1) is 8.15. The van der Waals surface area contributed by atoms with Crippen LogP contribution in [0, 0.1) is 6.92 Å². The molecule has 2 aromatic carbocycles. The first-order valence-corrected chi connectivity index (χ1v) is 5.28. The van der Waals surface area contributed by atoms with E-state index in [-0.39, 0.29) is 0 Å². The van der Waals surface area contributed by atoms with Gasteiger partial charge in [0.1, 0.15) is 0 Å². The molecule has 0 radical (unpaired) electrons. The molecule has 17 heavy (non-hydrogen) atoms. The standard InChI is InChI=1S/C13H14N4/c1-9-8-12(6-7-13(9)15)17-16-11-4-2-10(14)3-5-11/h2-8H,14-15H2,1H3. The zero-order chi connectivity index (χ0) is 12.3. The summed E-state index contributed by atoms with van der Waals surface area (Å²) in [6.07, 6.45) is 0. The third-order valence-corrected chi connectivity index (χ3v) is 2.43. The molecule has 0 aliphatic carbocycles. The molecule has 2 aromatic rings. The molecule has 4 nitrogen and oxygen atoms in total.